The Hall–Kier alpha value is -2.09. The van der Waals surface area contributed by atoms with E-state index in [0.29, 0.717) is 5.75 Å². The maximum atomic E-state index is 12.0. The van der Waals surface area contributed by atoms with E-state index in [0.717, 1.165) is 0 Å². The Morgan fingerprint density at radius 1 is 1.14 bits per heavy atom. The van der Waals surface area contributed by atoms with Gasteiger partial charge in [0.25, 0.3) is 0 Å². The molecule has 116 valence electrons. The zero-order valence-electron chi connectivity index (χ0n) is 11.4. The van der Waals surface area contributed by atoms with Crippen LogP contribution in [0, 0.1) is 5.92 Å². The molecule has 0 aromatic heterocycles. The number of sulfone groups is 1. The summed E-state index contributed by atoms with van der Waals surface area (Å²) in [6, 6.07) is 5.79. The van der Waals surface area contributed by atoms with Gasteiger partial charge in [-0.3, -0.25) is 9.59 Å². The van der Waals surface area contributed by atoms with E-state index in [1.165, 1.54) is 31.4 Å². The first-order valence-corrected chi connectivity index (χ1v) is 7.75. The molecule has 0 fully saturated rings. The lowest BCUT2D eigenvalue weighted by Crippen LogP contribution is -2.24. The van der Waals surface area contributed by atoms with Crippen LogP contribution >= 0.6 is 0 Å². The van der Waals surface area contributed by atoms with Gasteiger partial charge in [-0.25, -0.2) is 8.42 Å². The molecule has 0 saturated heterocycles. The summed E-state index contributed by atoms with van der Waals surface area (Å²) in [6.07, 6.45) is -0.280. The van der Waals surface area contributed by atoms with Crippen LogP contribution in [0.2, 0.25) is 0 Å². The number of carbonyl (C=O) groups is 2. The molecule has 2 N–H and O–H groups in total. The molecule has 1 aromatic carbocycles. The minimum Gasteiger partial charge on any atom is -0.497 e. The van der Waals surface area contributed by atoms with Crippen molar-refractivity contribution in [3.8, 4) is 5.75 Å². The molecule has 21 heavy (non-hydrogen) atoms. The van der Waals surface area contributed by atoms with Crippen LogP contribution in [-0.2, 0) is 19.4 Å². The number of benzene rings is 1. The van der Waals surface area contributed by atoms with Crippen LogP contribution in [0.15, 0.2) is 29.2 Å². The second-order valence-electron chi connectivity index (χ2n) is 4.37. The van der Waals surface area contributed by atoms with Gasteiger partial charge >= 0.3 is 11.9 Å². The van der Waals surface area contributed by atoms with Gasteiger partial charge in [0.15, 0.2) is 15.8 Å². The van der Waals surface area contributed by atoms with Crippen molar-refractivity contribution in [2.75, 3.05) is 12.9 Å². The smallest absolute Gasteiger partial charge is 0.317 e. The Morgan fingerprint density at radius 3 is 2.10 bits per heavy atom. The van der Waals surface area contributed by atoms with E-state index in [1.54, 1.807) is 0 Å². The monoisotopic (exact) mass is 316 g/mol. The predicted molar refractivity (Wildman–Crippen MR) is 73.0 cm³/mol. The van der Waals surface area contributed by atoms with Crippen molar-refractivity contribution < 1.29 is 33.0 Å². The van der Waals surface area contributed by atoms with Gasteiger partial charge in [0.2, 0.25) is 0 Å². The highest BCUT2D eigenvalue weighted by Crippen LogP contribution is 2.18. The lowest BCUT2D eigenvalue weighted by molar-refractivity contribution is -0.154. The molecule has 0 saturated carbocycles. The molecule has 0 aliphatic carbocycles. The average molecular weight is 316 g/mol. The van der Waals surface area contributed by atoms with E-state index in [2.05, 4.69) is 0 Å². The topological polar surface area (TPSA) is 118 Å². The summed E-state index contributed by atoms with van der Waals surface area (Å²) in [7, 11) is -2.11. The second kappa shape index (κ2) is 7.07. The standard InChI is InChI=1S/C13H16O7S/c1-20-9-4-6-10(7-5-9)21(18,19)8-2-3-11(12(14)15)13(16)17/h4-7,11H,2-3,8H2,1H3,(H,14,15)(H,16,17). The molecule has 0 heterocycles. The highest BCUT2D eigenvalue weighted by molar-refractivity contribution is 7.91. The molecule has 0 amide bonds. The van der Waals surface area contributed by atoms with Gasteiger partial charge in [0, 0.05) is 0 Å². The van der Waals surface area contributed by atoms with Crippen LogP contribution in [0.3, 0.4) is 0 Å². The van der Waals surface area contributed by atoms with Crippen molar-refractivity contribution in [3.05, 3.63) is 24.3 Å². The highest BCUT2D eigenvalue weighted by atomic mass is 32.2. The zero-order chi connectivity index (χ0) is 16.0. The summed E-state index contributed by atoms with van der Waals surface area (Å²) < 4.78 is 29.0. The first-order chi connectivity index (χ1) is 9.77. The number of rotatable bonds is 8. The molecule has 0 spiro atoms. The van der Waals surface area contributed by atoms with Crippen LogP contribution in [-0.4, -0.2) is 43.4 Å². The quantitative estimate of drug-likeness (QED) is 0.688. The lowest BCUT2D eigenvalue weighted by atomic mass is 10.1. The molecule has 1 rings (SSSR count). The van der Waals surface area contributed by atoms with E-state index in [-0.39, 0.29) is 23.5 Å². The summed E-state index contributed by atoms with van der Waals surface area (Å²) in [4.78, 5) is 21.5. The number of hydrogen-bond acceptors (Lipinski definition) is 5. The SMILES string of the molecule is COc1ccc(S(=O)(=O)CCCC(C(=O)O)C(=O)O)cc1. The van der Waals surface area contributed by atoms with E-state index in [4.69, 9.17) is 14.9 Å². The van der Waals surface area contributed by atoms with E-state index in [1.807, 2.05) is 0 Å². The molecular weight excluding hydrogens is 300 g/mol. The number of ether oxygens (including phenoxy) is 1. The minimum atomic E-state index is -3.57. The van der Waals surface area contributed by atoms with Crippen LogP contribution in [0.1, 0.15) is 12.8 Å². The van der Waals surface area contributed by atoms with Gasteiger partial charge in [-0.15, -0.1) is 0 Å². The van der Waals surface area contributed by atoms with Crippen LogP contribution in [0.25, 0.3) is 0 Å². The Morgan fingerprint density at radius 2 is 1.67 bits per heavy atom. The van der Waals surface area contributed by atoms with E-state index >= 15 is 0 Å². The Labute approximate surface area is 122 Å². The third kappa shape index (κ3) is 4.75. The molecule has 1 aromatic rings. The van der Waals surface area contributed by atoms with Crippen molar-refractivity contribution in [2.24, 2.45) is 5.92 Å². The molecule has 0 unspecified atom stereocenters. The second-order valence-corrected chi connectivity index (χ2v) is 6.47. The van der Waals surface area contributed by atoms with Gasteiger partial charge in [0.1, 0.15) is 5.75 Å². The van der Waals surface area contributed by atoms with Crippen LogP contribution in [0.4, 0.5) is 0 Å². The summed E-state index contributed by atoms with van der Waals surface area (Å²) in [5, 5.41) is 17.4. The fraction of sp³-hybridized carbons (Fsp3) is 0.385. The lowest BCUT2D eigenvalue weighted by Gasteiger charge is -2.08. The zero-order valence-corrected chi connectivity index (χ0v) is 12.2. The number of carboxylic acid groups (broad SMARTS) is 2. The Balaban J connectivity index is 2.68. The summed E-state index contributed by atoms with van der Waals surface area (Å²) in [6.45, 7) is 0. The first-order valence-electron chi connectivity index (χ1n) is 6.10. The average Bonchev–Trinajstić information content (AvgIpc) is 2.42. The van der Waals surface area contributed by atoms with Gasteiger partial charge in [-0.2, -0.15) is 0 Å². The largest absolute Gasteiger partial charge is 0.497 e. The summed E-state index contributed by atoms with van der Waals surface area (Å²) in [5.41, 5.74) is 0. The highest BCUT2D eigenvalue weighted by Gasteiger charge is 2.26. The number of aliphatic carboxylic acids is 2. The van der Waals surface area contributed by atoms with Crippen molar-refractivity contribution in [1.82, 2.24) is 0 Å². The van der Waals surface area contributed by atoms with E-state index < -0.39 is 27.7 Å². The number of carboxylic acids is 2. The molecule has 0 aliphatic rings. The summed E-state index contributed by atoms with van der Waals surface area (Å²) >= 11 is 0. The van der Waals surface area contributed by atoms with Crippen molar-refractivity contribution in [1.29, 1.82) is 0 Å². The Bertz CT molecular complexity index is 590. The molecule has 7 nitrogen and oxygen atoms in total. The molecule has 0 bridgehead atoms. The number of methoxy groups -OCH3 is 1. The minimum absolute atomic E-state index is 0.0440. The molecule has 0 radical (unpaired) electrons. The fourth-order valence-corrected chi connectivity index (χ4v) is 3.06. The van der Waals surface area contributed by atoms with Gasteiger partial charge < -0.3 is 14.9 Å². The summed E-state index contributed by atoms with van der Waals surface area (Å²) in [5.74, 6) is -4.31. The van der Waals surface area contributed by atoms with Crippen LogP contribution in [0.5, 0.6) is 5.75 Å². The molecule has 8 heteroatoms. The third-order valence-corrected chi connectivity index (χ3v) is 4.74. The van der Waals surface area contributed by atoms with Crippen molar-refractivity contribution in [3.63, 3.8) is 0 Å². The van der Waals surface area contributed by atoms with Crippen molar-refractivity contribution >= 4 is 21.8 Å². The third-order valence-electron chi connectivity index (χ3n) is 2.92. The molecular formula is C13H16O7S. The predicted octanol–water partition coefficient (Wildman–Crippen LogP) is 1.03. The van der Waals surface area contributed by atoms with Gasteiger partial charge in [-0.05, 0) is 37.1 Å². The Kier molecular flexibility index (Phi) is 5.71. The first kappa shape index (κ1) is 17.0. The van der Waals surface area contributed by atoms with Gasteiger partial charge in [0.05, 0.1) is 17.8 Å². The van der Waals surface area contributed by atoms with E-state index in [9.17, 15) is 18.0 Å². The molecule has 0 aliphatic heterocycles. The normalized spacial score (nSPS) is 11.3. The van der Waals surface area contributed by atoms with Crippen molar-refractivity contribution in [2.45, 2.75) is 17.7 Å². The number of hydrogen-bond donors (Lipinski definition) is 2. The fourth-order valence-electron chi connectivity index (χ4n) is 1.73. The molecule has 0 atom stereocenters. The maximum Gasteiger partial charge on any atom is 0.317 e. The van der Waals surface area contributed by atoms with Gasteiger partial charge in [-0.1, -0.05) is 0 Å². The maximum absolute atomic E-state index is 12.0. The van der Waals surface area contributed by atoms with Crippen LogP contribution < -0.4 is 4.74 Å².